The van der Waals surface area contributed by atoms with Gasteiger partial charge in [-0.3, -0.25) is 10.4 Å². The average molecular weight is 379 g/mol. The number of benzene rings is 1. The number of hydrazine groups is 1. The lowest BCUT2D eigenvalue weighted by molar-refractivity contribution is -0.140. The van der Waals surface area contributed by atoms with Crippen LogP contribution in [0.4, 0.5) is 13.2 Å². The quantitative estimate of drug-likeness (QED) is 0.750. The number of alkyl halides is 3. The molecular formula is C13H11Cl2F3N6. The van der Waals surface area contributed by atoms with Gasteiger partial charge >= 0.3 is 6.18 Å². The minimum Gasteiger partial charge on any atom is -0.309 e. The first-order valence-corrected chi connectivity index (χ1v) is 7.33. The maximum absolute atomic E-state index is 13.2. The third-order valence-electron chi connectivity index (χ3n) is 3.44. The highest BCUT2D eigenvalue weighted by Crippen LogP contribution is 2.43. The van der Waals surface area contributed by atoms with E-state index in [2.05, 4.69) is 20.9 Å². The lowest BCUT2D eigenvalue weighted by Crippen LogP contribution is -2.49. The molecule has 2 heterocycles. The summed E-state index contributed by atoms with van der Waals surface area (Å²) in [7, 11) is 1.38. The third kappa shape index (κ3) is 2.84. The molecule has 1 aliphatic rings. The van der Waals surface area contributed by atoms with Crippen molar-refractivity contribution in [2.45, 2.75) is 12.0 Å². The zero-order valence-corrected chi connectivity index (χ0v) is 13.6. The van der Waals surface area contributed by atoms with Crippen molar-refractivity contribution in [2.75, 3.05) is 0 Å². The van der Waals surface area contributed by atoms with E-state index in [0.29, 0.717) is 5.56 Å². The smallest absolute Gasteiger partial charge is 0.309 e. The van der Waals surface area contributed by atoms with Gasteiger partial charge in [-0.2, -0.15) is 23.7 Å². The predicted octanol–water partition coefficient (Wildman–Crippen LogP) is 2.62. The number of halogens is 5. The molecule has 128 valence electrons. The highest BCUT2D eigenvalue weighted by Gasteiger charge is 2.39. The maximum atomic E-state index is 13.2. The average Bonchev–Trinajstić information content (AvgIpc) is 3.05. The second-order valence-corrected chi connectivity index (χ2v) is 5.99. The van der Waals surface area contributed by atoms with Gasteiger partial charge in [0.25, 0.3) is 0 Å². The van der Waals surface area contributed by atoms with Crippen LogP contribution in [-0.4, -0.2) is 16.1 Å². The SMILES string of the molecule is Cn1cc(-c2c(Cl)cc(C3(N)N=CNN3)cc2Cl)c(C(F)(F)F)n1. The van der Waals surface area contributed by atoms with Gasteiger partial charge in [-0.15, -0.1) is 0 Å². The second kappa shape index (κ2) is 5.62. The van der Waals surface area contributed by atoms with E-state index in [1.165, 1.54) is 31.7 Å². The largest absolute Gasteiger partial charge is 0.435 e. The van der Waals surface area contributed by atoms with E-state index in [1.807, 2.05) is 0 Å². The van der Waals surface area contributed by atoms with E-state index in [4.69, 9.17) is 28.9 Å². The number of rotatable bonds is 2. The van der Waals surface area contributed by atoms with Gasteiger partial charge in [-0.25, -0.2) is 4.99 Å². The summed E-state index contributed by atoms with van der Waals surface area (Å²) in [5, 5.41) is 3.47. The van der Waals surface area contributed by atoms with E-state index in [1.54, 1.807) is 0 Å². The van der Waals surface area contributed by atoms with Crippen LogP contribution < -0.4 is 16.6 Å². The highest BCUT2D eigenvalue weighted by molar-refractivity contribution is 6.39. The van der Waals surface area contributed by atoms with Crippen LogP contribution in [0.5, 0.6) is 0 Å². The summed E-state index contributed by atoms with van der Waals surface area (Å²) in [5.74, 6) is -1.31. The molecule has 1 aliphatic heterocycles. The van der Waals surface area contributed by atoms with Crippen molar-refractivity contribution in [2.24, 2.45) is 17.8 Å². The molecule has 0 saturated heterocycles. The third-order valence-corrected chi connectivity index (χ3v) is 4.04. The molecule has 1 aromatic carbocycles. The van der Waals surface area contributed by atoms with Crippen LogP contribution >= 0.6 is 23.2 Å². The standard InChI is InChI=1S/C13H11Cl2F3N6/c1-24-4-7(11(22-24)12(16,17)18)10-8(14)2-6(3-9(10)15)13(19)20-5-21-23-13/h2-5,23H,19H2,1H3,(H,20,21). The van der Waals surface area contributed by atoms with Crippen molar-refractivity contribution in [1.29, 1.82) is 0 Å². The molecule has 0 spiro atoms. The van der Waals surface area contributed by atoms with Crippen molar-refractivity contribution >= 4 is 29.5 Å². The molecule has 6 nitrogen and oxygen atoms in total. The molecule has 2 aromatic rings. The van der Waals surface area contributed by atoms with Crippen molar-refractivity contribution in [3.8, 4) is 11.1 Å². The molecule has 4 N–H and O–H groups in total. The molecular weight excluding hydrogens is 368 g/mol. The van der Waals surface area contributed by atoms with Crippen LogP contribution in [0, 0.1) is 0 Å². The van der Waals surface area contributed by atoms with Gasteiger partial charge in [0.1, 0.15) is 6.34 Å². The van der Waals surface area contributed by atoms with Gasteiger partial charge in [0, 0.05) is 29.9 Å². The fourth-order valence-corrected chi connectivity index (χ4v) is 3.08. The minimum absolute atomic E-state index is 0.00437. The first kappa shape index (κ1) is 17.0. The number of aliphatic imine (C=N–C) groups is 1. The Balaban J connectivity index is 2.16. The molecule has 0 radical (unpaired) electrons. The molecule has 0 bridgehead atoms. The Hall–Kier alpha value is -1.81. The molecule has 1 aromatic heterocycles. The summed E-state index contributed by atoms with van der Waals surface area (Å²) < 4.78 is 40.6. The zero-order chi connectivity index (χ0) is 17.7. The number of aromatic nitrogens is 2. The Labute approximate surface area is 144 Å². The van der Waals surface area contributed by atoms with Crippen molar-refractivity contribution in [1.82, 2.24) is 20.6 Å². The number of aryl methyl sites for hydroxylation is 1. The Morgan fingerprint density at radius 1 is 1.25 bits per heavy atom. The van der Waals surface area contributed by atoms with Crippen molar-refractivity contribution in [3.05, 3.63) is 39.6 Å². The van der Waals surface area contributed by atoms with Gasteiger partial charge in [0.05, 0.1) is 10.0 Å². The lowest BCUT2D eigenvalue weighted by atomic mass is 10.0. The topological polar surface area (TPSA) is 80.3 Å². The molecule has 1 unspecified atom stereocenters. The number of hydrogen-bond acceptors (Lipinski definition) is 5. The molecule has 11 heteroatoms. The minimum atomic E-state index is -4.64. The van der Waals surface area contributed by atoms with Crippen molar-refractivity contribution < 1.29 is 13.2 Å². The molecule has 0 saturated carbocycles. The van der Waals surface area contributed by atoms with Crippen LogP contribution in [0.25, 0.3) is 11.1 Å². The van der Waals surface area contributed by atoms with Gasteiger partial charge < -0.3 is 5.43 Å². The summed E-state index contributed by atoms with van der Waals surface area (Å²) >= 11 is 12.4. The van der Waals surface area contributed by atoms with E-state index in [0.717, 1.165) is 4.68 Å². The van der Waals surface area contributed by atoms with E-state index in [-0.39, 0.29) is 21.2 Å². The maximum Gasteiger partial charge on any atom is 0.435 e. The van der Waals surface area contributed by atoms with Crippen molar-refractivity contribution in [3.63, 3.8) is 0 Å². The summed E-state index contributed by atoms with van der Waals surface area (Å²) in [6, 6.07) is 2.82. The Morgan fingerprint density at radius 3 is 2.38 bits per heavy atom. The van der Waals surface area contributed by atoms with Crippen LogP contribution in [-0.2, 0) is 19.0 Å². The van der Waals surface area contributed by atoms with Crippen LogP contribution in [0.2, 0.25) is 10.0 Å². The van der Waals surface area contributed by atoms with E-state index in [9.17, 15) is 13.2 Å². The van der Waals surface area contributed by atoms with E-state index < -0.39 is 17.7 Å². The second-order valence-electron chi connectivity index (χ2n) is 5.17. The number of nitrogens with two attached hydrogens (primary N) is 1. The van der Waals surface area contributed by atoms with Gasteiger partial charge in [-0.1, -0.05) is 23.2 Å². The summed E-state index contributed by atoms with van der Waals surface area (Å²) in [4.78, 5) is 4.00. The first-order valence-electron chi connectivity index (χ1n) is 6.58. The Kier molecular flexibility index (Phi) is 3.99. The van der Waals surface area contributed by atoms with Gasteiger partial charge in [0.15, 0.2) is 5.69 Å². The predicted molar refractivity (Wildman–Crippen MR) is 84.3 cm³/mol. The fraction of sp³-hybridized carbons (Fsp3) is 0.231. The summed E-state index contributed by atoms with van der Waals surface area (Å²) in [6.45, 7) is 0. The van der Waals surface area contributed by atoms with Crippen LogP contribution in [0.3, 0.4) is 0 Å². The molecule has 0 aliphatic carbocycles. The normalized spacial score (nSPS) is 20.5. The Morgan fingerprint density at radius 2 is 1.88 bits per heavy atom. The zero-order valence-electron chi connectivity index (χ0n) is 12.1. The number of nitrogens with one attached hydrogen (secondary N) is 2. The lowest BCUT2D eigenvalue weighted by Gasteiger charge is -2.22. The number of nitrogens with zero attached hydrogens (tertiary/aromatic N) is 3. The first-order chi connectivity index (χ1) is 11.1. The molecule has 0 fully saturated rings. The Bertz CT molecular complexity index is 809. The highest BCUT2D eigenvalue weighted by atomic mass is 35.5. The van der Waals surface area contributed by atoms with Crippen LogP contribution in [0.15, 0.2) is 23.3 Å². The van der Waals surface area contributed by atoms with Gasteiger partial charge in [-0.05, 0) is 12.1 Å². The molecule has 24 heavy (non-hydrogen) atoms. The molecule has 1 atom stereocenters. The van der Waals surface area contributed by atoms with E-state index >= 15 is 0 Å². The fourth-order valence-electron chi connectivity index (χ4n) is 2.39. The summed E-state index contributed by atoms with van der Waals surface area (Å²) in [6.07, 6.45) is -2.09. The molecule has 3 rings (SSSR count). The van der Waals surface area contributed by atoms with Crippen LogP contribution in [0.1, 0.15) is 11.3 Å². The van der Waals surface area contributed by atoms with Gasteiger partial charge in [0.2, 0.25) is 5.79 Å². The summed E-state index contributed by atoms with van der Waals surface area (Å²) in [5.41, 5.74) is 10.5. The number of hydrogen-bond donors (Lipinski definition) is 3. The monoisotopic (exact) mass is 378 g/mol. The molecule has 0 amide bonds.